The zero-order valence-electron chi connectivity index (χ0n) is 7.75. The number of rotatable bonds is 3. The van der Waals surface area contributed by atoms with Gasteiger partial charge in [-0.2, -0.15) is 11.8 Å². The molecule has 0 aromatic heterocycles. The molecule has 2 aliphatic rings. The zero-order valence-corrected chi connectivity index (χ0v) is 8.57. The Morgan fingerprint density at radius 3 is 3.25 bits per heavy atom. The molecule has 2 fully saturated rings. The fourth-order valence-corrected chi connectivity index (χ4v) is 2.84. The van der Waals surface area contributed by atoms with Crippen LogP contribution in [0.15, 0.2) is 0 Å². The number of thioether (sulfide) groups is 1. The van der Waals surface area contributed by atoms with E-state index in [1.165, 1.54) is 38.4 Å². The van der Waals surface area contributed by atoms with Crippen LogP contribution < -0.4 is 5.32 Å². The van der Waals surface area contributed by atoms with E-state index in [-0.39, 0.29) is 0 Å². The molecule has 3 heteroatoms. The predicted octanol–water partition coefficient (Wildman–Crippen LogP) is 0.643. The van der Waals surface area contributed by atoms with Crippen LogP contribution in [-0.4, -0.2) is 49.1 Å². The molecular formula is C9H18N2S. The van der Waals surface area contributed by atoms with Crippen molar-refractivity contribution in [3.8, 4) is 0 Å². The van der Waals surface area contributed by atoms with Crippen LogP contribution in [0.2, 0.25) is 0 Å². The van der Waals surface area contributed by atoms with E-state index in [1.54, 1.807) is 0 Å². The first-order chi connectivity index (χ1) is 5.92. The summed E-state index contributed by atoms with van der Waals surface area (Å²) in [5.74, 6) is 2.26. The minimum absolute atomic E-state index is 0.872. The molecule has 0 amide bonds. The van der Waals surface area contributed by atoms with E-state index in [4.69, 9.17) is 0 Å². The Hall–Kier alpha value is 0.270. The minimum atomic E-state index is 0.872. The Balaban J connectivity index is 1.83. The highest BCUT2D eigenvalue weighted by Crippen LogP contribution is 2.26. The third-order valence-electron chi connectivity index (χ3n) is 3.14. The number of hydrogen-bond donors (Lipinski definition) is 1. The molecule has 0 aliphatic carbocycles. The van der Waals surface area contributed by atoms with Crippen molar-refractivity contribution in [2.75, 3.05) is 38.2 Å². The highest BCUT2D eigenvalue weighted by molar-refractivity contribution is 7.98. The summed E-state index contributed by atoms with van der Waals surface area (Å²) in [5.41, 5.74) is 0. The number of fused-ring (bicyclic) bond motifs is 1. The standard InChI is InChI=1S/C9H18N2S/c1-12-5-4-11-3-2-8-6-10-7-9(8)11/h8-10H,2-7H2,1H3/t8-,9+/m1/s1. The molecule has 70 valence electrons. The third kappa shape index (κ3) is 1.63. The molecule has 1 N–H and O–H groups in total. The molecule has 0 aromatic rings. The van der Waals surface area contributed by atoms with Gasteiger partial charge in [0.15, 0.2) is 0 Å². The molecular weight excluding hydrogens is 168 g/mol. The molecule has 0 saturated carbocycles. The van der Waals surface area contributed by atoms with Crippen molar-refractivity contribution in [1.29, 1.82) is 0 Å². The lowest BCUT2D eigenvalue weighted by Gasteiger charge is -2.22. The van der Waals surface area contributed by atoms with E-state index >= 15 is 0 Å². The fraction of sp³-hybridized carbons (Fsp3) is 1.00. The lowest BCUT2D eigenvalue weighted by molar-refractivity contribution is 0.268. The Morgan fingerprint density at radius 2 is 2.42 bits per heavy atom. The van der Waals surface area contributed by atoms with Gasteiger partial charge in [0.05, 0.1) is 0 Å². The topological polar surface area (TPSA) is 15.3 Å². The Morgan fingerprint density at radius 1 is 1.50 bits per heavy atom. The monoisotopic (exact) mass is 186 g/mol. The molecule has 2 aliphatic heterocycles. The predicted molar refractivity (Wildman–Crippen MR) is 54.7 cm³/mol. The van der Waals surface area contributed by atoms with E-state index in [9.17, 15) is 0 Å². The molecule has 0 unspecified atom stereocenters. The zero-order chi connectivity index (χ0) is 8.39. The SMILES string of the molecule is CSCCN1CC[C@@H]2CNC[C@@H]21. The highest BCUT2D eigenvalue weighted by atomic mass is 32.2. The number of nitrogens with zero attached hydrogens (tertiary/aromatic N) is 1. The third-order valence-corrected chi connectivity index (χ3v) is 3.73. The van der Waals surface area contributed by atoms with Gasteiger partial charge >= 0.3 is 0 Å². The van der Waals surface area contributed by atoms with Crippen LogP contribution in [-0.2, 0) is 0 Å². The Labute approximate surface area is 79.1 Å². The van der Waals surface area contributed by atoms with Crippen molar-refractivity contribution in [1.82, 2.24) is 10.2 Å². The molecule has 2 atom stereocenters. The van der Waals surface area contributed by atoms with Gasteiger partial charge in [0.2, 0.25) is 0 Å². The molecule has 0 aromatic carbocycles. The number of likely N-dealkylation sites (tertiary alicyclic amines) is 1. The molecule has 2 heterocycles. The average Bonchev–Trinajstić information content (AvgIpc) is 2.62. The second-order valence-corrected chi connectivity index (χ2v) is 4.79. The summed E-state index contributed by atoms with van der Waals surface area (Å²) in [6.07, 6.45) is 3.62. The summed E-state index contributed by atoms with van der Waals surface area (Å²) >= 11 is 1.96. The van der Waals surface area contributed by atoms with Crippen molar-refractivity contribution in [3.63, 3.8) is 0 Å². The van der Waals surface area contributed by atoms with Gasteiger partial charge in [0.1, 0.15) is 0 Å². The van der Waals surface area contributed by atoms with Gasteiger partial charge in [0.25, 0.3) is 0 Å². The Bertz CT molecular complexity index is 151. The van der Waals surface area contributed by atoms with Crippen molar-refractivity contribution >= 4 is 11.8 Å². The van der Waals surface area contributed by atoms with Crippen molar-refractivity contribution < 1.29 is 0 Å². The van der Waals surface area contributed by atoms with E-state index < -0.39 is 0 Å². The lowest BCUT2D eigenvalue weighted by atomic mass is 10.1. The summed E-state index contributed by atoms with van der Waals surface area (Å²) < 4.78 is 0. The maximum absolute atomic E-state index is 3.48. The smallest absolute Gasteiger partial charge is 0.0261 e. The molecule has 0 bridgehead atoms. The van der Waals surface area contributed by atoms with Crippen molar-refractivity contribution in [3.05, 3.63) is 0 Å². The second-order valence-electron chi connectivity index (χ2n) is 3.80. The molecule has 2 rings (SSSR count). The van der Waals surface area contributed by atoms with Crippen LogP contribution in [0.1, 0.15) is 6.42 Å². The average molecular weight is 186 g/mol. The first-order valence-corrected chi connectivity index (χ1v) is 6.25. The molecule has 0 spiro atoms. The fourth-order valence-electron chi connectivity index (χ4n) is 2.42. The molecule has 2 nitrogen and oxygen atoms in total. The normalized spacial score (nSPS) is 35.8. The summed E-state index contributed by atoms with van der Waals surface area (Å²) in [4.78, 5) is 2.67. The van der Waals surface area contributed by atoms with Gasteiger partial charge in [-0.05, 0) is 31.7 Å². The summed E-state index contributed by atoms with van der Waals surface area (Å²) in [6, 6.07) is 0.872. The van der Waals surface area contributed by atoms with Crippen LogP contribution in [0.3, 0.4) is 0 Å². The number of nitrogens with one attached hydrogen (secondary N) is 1. The molecule has 2 saturated heterocycles. The van der Waals surface area contributed by atoms with E-state index in [0.717, 1.165) is 12.0 Å². The van der Waals surface area contributed by atoms with Crippen LogP contribution in [0, 0.1) is 5.92 Å². The van der Waals surface area contributed by atoms with Crippen LogP contribution >= 0.6 is 11.8 Å². The van der Waals surface area contributed by atoms with E-state index in [2.05, 4.69) is 16.5 Å². The maximum atomic E-state index is 3.48. The van der Waals surface area contributed by atoms with Crippen LogP contribution in [0.5, 0.6) is 0 Å². The first-order valence-electron chi connectivity index (χ1n) is 4.85. The van der Waals surface area contributed by atoms with Crippen molar-refractivity contribution in [2.24, 2.45) is 5.92 Å². The molecule has 12 heavy (non-hydrogen) atoms. The van der Waals surface area contributed by atoms with Crippen LogP contribution in [0.4, 0.5) is 0 Å². The second kappa shape index (κ2) is 3.99. The van der Waals surface area contributed by atoms with Gasteiger partial charge < -0.3 is 5.32 Å². The first kappa shape index (κ1) is 8.85. The number of hydrogen-bond acceptors (Lipinski definition) is 3. The molecule has 0 radical (unpaired) electrons. The minimum Gasteiger partial charge on any atom is -0.315 e. The van der Waals surface area contributed by atoms with Crippen molar-refractivity contribution in [2.45, 2.75) is 12.5 Å². The van der Waals surface area contributed by atoms with Gasteiger partial charge in [-0.1, -0.05) is 0 Å². The van der Waals surface area contributed by atoms with Gasteiger partial charge in [-0.15, -0.1) is 0 Å². The van der Waals surface area contributed by atoms with Gasteiger partial charge in [-0.3, -0.25) is 4.90 Å². The summed E-state index contributed by atoms with van der Waals surface area (Å²) in [6.45, 7) is 5.14. The Kier molecular flexibility index (Phi) is 2.94. The van der Waals surface area contributed by atoms with E-state index in [1.807, 2.05) is 11.8 Å². The maximum Gasteiger partial charge on any atom is 0.0261 e. The van der Waals surface area contributed by atoms with E-state index in [0.29, 0.717) is 0 Å². The quantitative estimate of drug-likeness (QED) is 0.696. The largest absolute Gasteiger partial charge is 0.315 e. The van der Waals surface area contributed by atoms with Crippen LogP contribution in [0.25, 0.3) is 0 Å². The van der Waals surface area contributed by atoms with Gasteiger partial charge in [-0.25, -0.2) is 0 Å². The lowest BCUT2D eigenvalue weighted by Crippen LogP contribution is -2.35. The van der Waals surface area contributed by atoms with Gasteiger partial charge in [0, 0.05) is 24.9 Å². The summed E-state index contributed by atoms with van der Waals surface area (Å²) in [5, 5.41) is 3.48. The highest BCUT2D eigenvalue weighted by Gasteiger charge is 2.36. The summed E-state index contributed by atoms with van der Waals surface area (Å²) in [7, 11) is 0.